The van der Waals surface area contributed by atoms with Gasteiger partial charge in [0, 0.05) is 30.8 Å². The van der Waals surface area contributed by atoms with Gasteiger partial charge in [-0.1, -0.05) is 12.1 Å². The van der Waals surface area contributed by atoms with Crippen molar-refractivity contribution in [3.05, 3.63) is 29.8 Å². The maximum Gasteiger partial charge on any atom is 0.253 e. The lowest BCUT2D eigenvalue weighted by molar-refractivity contribution is 0.0946. The molecule has 1 aliphatic rings. The summed E-state index contributed by atoms with van der Waals surface area (Å²) in [6.45, 7) is 6.38. The Balaban J connectivity index is 1.97. The van der Waals surface area contributed by atoms with Crippen LogP contribution in [0, 0.1) is 5.92 Å². The fourth-order valence-electron chi connectivity index (χ4n) is 2.19. The average Bonchev–Trinajstić information content (AvgIpc) is 2.89. The molecule has 0 saturated carbocycles. The van der Waals surface area contributed by atoms with E-state index < -0.39 is 0 Å². The van der Waals surface area contributed by atoms with Crippen LogP contribution in [0.5, 0.6) is 0 Å². The molecule has 0 aliphatic carbocycles. The van der Waals surface area contributed by atoms with Gasteiger partial charge in [-0.25, -0.2) is 0 Å². The van der Waals surface area contributed by atoms with Gasteiger partial charge in [-0.15, -0.1) is 0 Å². The number of rotatable bonds is 5. The van der Waals surface area contributed by atoms with Gasteiger partial charge in [0.05, 0.1) is 12.2 Å². The third kappa shape index (κ3) is 3.96. The highest BCUT2D eigenvalue weighted by molar-refractivity contribution is 5.99. The van der Waals surface area contributed by atoms with E-state index in [9.17, 15) is 4.79 Å². The molecule has 19 heavy (non-hydrogen) atoms. The second-order valence-corrected chi connectivity index (χ2v) is 5.28. The normalized spacial score (nSPS) is 18.6. The van der Waals surface area contributed by atoms with E-state index in [1.165, 1.54) is 0 Å². The lowest BCUT2D eigenvalue weighted by Crippen LogP contribution is -2.30. The Hall–Kier alpha value is -1.55. The number of hydrogen-bond acceptors (Lipinski definition) is 3. The molecule has 0 aromatic heterocycles. The largest absolute Gasteiger partial charge is 0.382 e. The van der Waals surface area contributed by atoms with E-state index in [2.05, 4.69) is 24.5 Å². The van der Waals surface area contributed by atoms with Crippen LogP contribution in [-0.2, 0) is 4.74 Å². The average molecular weight is 262 g/mol. The fraction of sp³-hybridized carbons (Fsp3) is 0.533. The second-order valence-electron chi connectivity index (χ2n) is 5.28. The predicted molar refractivity (Wildman–Crippen MR) is 76.5 cm³/mol. The van der Waals surface area contributed by atoms with Crippen LogP contribution in [0.15, 0.2) is 24.3 Å². The quantitative estimate of drug-likeness (QED) is 0.856. The summed E-state index contributed by atoms with van der Waals surface area (Å²) in [6.07, 6.45) is 1.03. The number of para-hydroxylation sites is 1. The monoisotopic (exact) mass is 262 g/mol. The molecule has 4 heteroatoms. The molecule has 104 valence electrons. The molecule has 2 N–H and O–H groups in total. The van der Waals surface area contributed by atoms with E-state index in [1.54, 1.807) is 0 Å². The number of benzene rings is 1. The molecule has 1 aromatic carbocycles. The summed E-state index contributed by atoms with van der Waals surface area (Å²) in [7, 11) is 0. The summed E-state index contributed by atoms with van der Waals surface area (Å²) in [4.78, 5) is 12.2. The van der Waals surface area contributed by atoms with E-state index in [0.717, 1.165) is 25.3 Å². The zero-order chi connectivity index (χ0) is 13.7. The van der Waals surface area contributed by atoms with Crippen LogP contribution >= 0.6 is 0 Å². The standard InChI is InChI=1S/C15H22N2O2/c1-11(2)17-14-6-4-3-5-13(14)15(18)16-9-12-7-8-19-10-12/h3-6,11-12,17H,7-10H2,1-2H3,(H,16,18). The Bertz CT molecular complexity index is 426. The highest BCUT2D eigenvalue weighted by Gasteiger charge is 2.17. The van der Waals surface area contributed by atoms with Crippen LogP contribution in [0.2, 0.25) is 0 Å². The molecule has 1 unspecified atom stereocenters. The molecule has 4 nitrogen and oxygen atoms in total. The molecule has 0 radical (unpaired) electrons. The first kappa shape index (κ1) is 13.9. The number of nitrogens with one attached hydrogen (secondary N) is 2. The van der Waals surface area contributed by atoms with Crippen molar-refractivity contribution in [2.45, 2.75) is 26.3 Å². The fourth-order valence-corrected chi connectivity index (χ4v) is 2.19. The molecule has 0 spiro atoms. The molecule has 1 atom stereocenters. The highest BCUT2D eigenvalue weighted by Crippen LogP contribution is 2.16. The van der Waals surface area contributed by atoms with E-state index in [0.29, 0.717) is 24.1 Å². The van der Waals surface area contributed by atoms with Crippen molar-refractivity contribution in [1.82, 2.24) is 5.32 Å². The summed E-state index contributed by atoms with van der Waals surface area (Å²) in [5, 5.41) is 6.29. The zero-order valence-corrected chi connectivity index (χ0v) is 11.6. The van der Waals surface area contributed by atoms with E-state index in [1.807, 2.05) is 24.3 Å². The molecule has 1 aromatic rings. The maximum absolute atomic E-state index is 12.2. The van der Waals surface area contributed by atoms with E-state index in [-0.39, 0.29) is 5.91 Å². The summed E-state index contributed by atoms with van der Waals surface area (Å²) in [6, 6.07) is 7.92. The third-order valence-electron chi connectivity index (χ3n) is 3.19. The first-order valence-corrected chi connectivity index (χ1v) is 6.88. The molecule has 1 saturated heterocycles. The Labute approximate surface area is 114 Å². The predicted octanol–water partition coefficient (Wildman–Crippen LogP) is 2.27. The number of hydrogen-bond donors (Lipinski definition) is 2. The van der Waals surface area contributed by atoms with Gasteiger partial charge in [0.2, 0.25) is 0 Å². The lowest BCUT2D eigenvalue weighted by Gasteiger charge is -2.15. The Morgan fingerprint density at radius 3 is 2.89 bits per heavy atom. The minimum absolute atomic E-state index is 0.0179. The van der Waals surface area contributed by atoms with Gasteiger partial charge in [-0.05, 0) is 32.4 Å². The maximum atomic E-state index is 12.2. The Morgan fingerprint density at radius 2 is 2.21 bits per heavy atom. The van der Waals surface area contributed by atoms with Crippen LogP contribution in [0.1, 0.15) is 30.6 Å². The van der Waals surface area contributed by atoms with Gasteiger partial charge < -0.3 is 15.4 Å². The number of amides is 1. The van der Waals surface area contributed by atoms with Crippen molar-refractivity contribution in [2.24, 2.45) is 5.92 Å². The summed E-state index contributed by atoms with van der Waals surface area (Å²) in [5.74, 6) is 0.435. The first-order valence-electron chi connectivity index (χ1n) is 6.88. The summed E-state index contributed by atoms with van der Waals surface area (Å²) >= 11 is 0. The molecule has 1 heterocycles. The van der Waals surface area contributed by atoms with Crippen LogP contribution in [-0.4, -0.2) is 31.7 Å². The molecular weight excluding hydrogens is 240 g/mol. The van der Waals surface area contributed by atoms with Gasteiger partial charge in [0.1, 0.15) is 0 Å². The molecule has 0 bridgehead atoms. The molecule has 1 fully saturated rings. The van der Waals surface area contributed by atoms with E-state index >= 15 is 0 Å². The summed E-state index contributed by atoms with van der Waals surface area (Å²) < 4.78 is 5.31. The third-order valence-corrected chi connectivity index (χ3v) is 3.19. The van der Waals surface area contributed by atoms with Crippen molar-refractivity contribution in [3.63, 3.8) is 0 Å². The van der Waals surface area contributed by atoms with Crippen molar-refractivity contribution in [1.29, 1.82) is 0 Å². The van der Waals surface area contributed by atoms with E-state index in [4.69, 9.17) is 4.74 Å². The SMILES string of the molecule is CC(C)Nc1ccccc1C(=O)NCC1CCOC1. The molecular formula is C15H22N2O2. The highest BCUT2D eigenvalue weighted by atomic mass is 16.5. The molecule has 1 aliphatic heterocycles. The number of carbonyl (C=O) groups is 1. The molecule has 1 amide bonds. The summed E-state index contributed by atoms with van der Waals surface area (Å²) in [5.41, 5.74) is 1.59. The van der Waals surface area contributed by atoms with Crippen molar-refractivity contribution >= 4 is 11.6 Å². The number of ether oxygens (including phenoxy) is 1. The van der Waals surface area contributed by atoms with Crippen LogP contribution < -0.4 is 10.6 Å². The van der Waals surface area contributed by atoms with Crippen LogP contribution in [0.3, 0.4) is 0 Å². The molecule has 2 rings (SSSR count). The van der Waals surface area contributed by atoms with Gasteiger partial charge in [0.25, 0.3) is 5.91 Å². The number of anilines is 1. The Kier molecular flexibility index (Phi) is 4.80. The minimum atomic E-state index is -0.0179. The second kappa shape index (κ2) is 6.57. The van der Waals surface area contributed by atoms with Gasteiger partial charge in [-0.2, -0.15) is 0 Å². The zero-order valence-electron chi connectivity index (χ0n) is 11.6. The Morgan fingerprint density at radius 1 is 1.42 bits per heavy atom. The number of carbonyl (C=O) groups excluding carboxylic acids is 1. The van der Waals surface area contributed by atoms with Crippen LogP contribution in [0.4, 0.5) is 5.69 Å². The van der Waals surface area contributed by atoms with Crippen molar-refractivity contribution in [2.75, 3.05) is 25.1 Å². The van der Waals surface area contributed by atoms with Gasteiger partial charge in [0.15, 0.2) is 0 Å². The van der Waals surface area contributed by atoms with Gasteiger partial charge in [-0.3, -0.25) is 4.79 Å². The topological polar surface area (TPSA) is 50.4 Å². The first-order chi connectivity index (χ1) is 9.16. The minimum Gasteiger partial charge on any atom is -0.382 e. The van der Waals surface area contributed by atoms with Gasteiger partial charge >= 0.3 is 0 Å². The van der Waals surface area contributed by atoms with Crippen molar-refractivity contribution in [3.8, 4) is 0 Å². The lowest BCUT2D eigenvalue weighted by atomic mass is 10.1. The van der Waals surface area contributed by atoms with Crippen LogP contribution in [0.25, 0.3) is 0 Å². The smallest absolute Gasteiger partial charge is 0.253 e. The van der Waals surface area contributed by atoms with Crippen molar-refractivity contribution < 1.29 is 9.53 Å².